The van der Waals surface area contributed by atoms with Crippen molar-refractivity contribution in [1.29, 1.82) is 0 Å². The molecular weight excluding hydrogens is 132 g/mol. The second-order valence-corrected chi connectivity index (χ2v) is 2.32. The highest BCUT2D eigenvalue weighted by molar-refractivity contribution is 5.73. The Hall–Kier alpha value is -0.770. The molecule has 1 N–H and O–H groups in total. The lowest BCUT2D eigenvalue weighted by Crippen LogP contribution is -2.37. The third-order valence-electron chi connectivity index (χ3n) is 1.14. The lowest BCUT2D eigenvalue weighted by molar-refractivity contribution is 0.167. The molecule has 0 aromatic heterocycles. The Morgan fingerprint density at radius 2 is 1.90 bits per heavy atom. The van der Waals surface area contributed by atoms with E-state index in [1.54, 1.807) is 21.1 Å². The number of carbonyl (C=O) groups is 1. The maximum atomic E-state index is 11.0. The molecule has 0 saturated heterocycles. The van der Waals surface area contributed by atoms with Crippen LogP contribution in [0.25, 0.3) is 0 Å². The van der Waals surface area contributed by atoms with Crippen LogP contribution >= 0.6 is 0 Å². The molecule has 0 heterocycles. The lowest BCUT2D eigenvalue weighted by Gasteiger charge is -2.20. The Balaban J connectivity index is 3.71. The van der Waals surface area contributed by atoms with E-state index in [2.05, 4.69) is 0 Å². The van der Waals surface area contributed by atoms with Crippen LogP contribution in [0, 0.1) is 0 Å². The Bertz CT molecular complexity index is 114. The summed E-state index contributed by atoms with van der Waals surface area (Å²) in [4.78, 5) is 13.9. The molecule has 60 valence electrons. The van der Waals surface area contributed by atoms with Gasteiger partial charge in [-0.3, -0.25) is 0 Å². The maximum absolute atomic E-state index is 11.0. The van der Waals surface area contributed by atoms with Crippen molar-refractivity contribution >= 4 is 6.03 Å². The summed E-state index contributed by atoms with van der Waals surface area (Å²) in [6, 6.07) is -0.0888. The fourth-order valence-electron chi connectivity index (χ4n) is 0.587. The van der Waals surface area contributed by atoms with Crippen LogP contribution in [0.1, 0.15) is 0 Å². The quantitative estimate of drug-likeness (QED) is 0.575. The summed E-state index contributed by atoms with van der Waals surface area (Å²) in [6.07, 6.45) is 0. The number of hydrogen-bond donors (Lipinski definition) is 1. The van der Waals surface area contributed by atoms with Gasteiger partial charge in [0.25, 0.3) is 0 Å². The van der Waals surface area contributed by atoms with Crippen molar-refractivity contribution < 1.29 is 9.90 Å². The van der Waals surface area contributed by atoms with Crippen LogP contribution in [0.2, 0.25) is 0 Å². The average Bonchev–Trinajstić information content (AvgIpc) is 1.87. The molecule has 0 aliphatic rings. The van der Waals surface area contributed by atoms with E-state index in [-0.39, 0.29) is 12.6 Å². The van der Waals surface area contributed by atoms with Gasteiger partial charge in [-0.25, -0.2) is 4.79 Å². The number of likely N-dealkylation sites (N-methyl/N-ethyl adjacent to an activating group) is 1. The molecule has 10 heavy (non-hydrogen) atoms. The van der Waals surface area contributed by atoms with Gasteiger partial charge in [-0.1, -0.05) is 0 Å². The molecule has 0 aliphatic heterocycles. The summed E-state index contributed by atoms with van der Waals surface area (Å²) in [7, 11) is 5.00. The highest BCUT2D eigenvalue weighted by Crippen LogP contribution is 1.88. The molecular formula is C6H14N2O2. The normalized spacial score (nSPS) is 9.20. The molecule has 0 spiro atoms. The predicted octanol–water partition coefficient (Wildman–Crippen LogP) is -0.408. The molecule has 0 unspecified atom stereocenters. The number of amides is 2. The average molecular weight is 146 g/mol. The molecule has 0 saturated carbocycles. The van der Waals surface area contributed by atoms with Crippen molar-refractivity contribution in [3.63, 3.8) is 0 Å². The Morgan fingerprint density at radius 3 is 2.20 bits per heavy atom. The number of urea groups is 1. The highest BCUT2D eigenvalue weighted by atomic mass is 16.3. The summed E-state index contributed by atoms with van der Waals surface area (Å²) in [5.41, 5.74) is 0. The highest BCUT2D eigenvalue weighted by Gasteiger charge is 2.07. The van der Waals surface area contributed by atoms with Gasteiger partial charge in [0.2, 0.25) is 0 Å². The molecule has 0 rings (SSSR count). The van der Waals surface area contributed by atoms with Crippen molar-refractivity contribution in [1.82, 2.24) is 9.80 Å². The number of aliphatic hydroxyl groups excluding tert-OH is 1. The van der Waals surface area contributed by atoms with E-state index >= 15 is 0 Å². The van der Waals surface area contributed by atoms with E-state index in [4.69, 9.17) is 5.11 Å². The summed E-state index contributed by atoms with van der Waals surface area (Å²) in [5.74, 6) is 0. The minimum Gasteiger partial charge on any atom is -0.395 e. The smallest absolute Gasteiger partial charge is 0.319 e. The predicted molar refractivity (Wildman–Crippen MR) is 38.8 cm³/mol. The zero-order valence-electron chi connectivity index (χ0n) is 6.66. The van der Waals surface area contributed by atoms with Gasteiger partial charge in [-0.2, -0.15) is 0 Å². The second-order valence-electron chi connectivity index (χ2n) is 2.32. The minimum absolute atomic E-state index is 0.0100. The van der Waals surface area contributed by atoms with Crippen LogP contribution < -0.4 is 0 Å². The molecule has 0 radical (unpaired) electrons. The number of hydrogen-bond acceptors (Lipinski definition) is 2. The van der Waals surface area contributed by atoms with Crippen LogP contribution in [0.15, 0.2) is 0 Å². The van der Waals surface area contributed by atoms with Crippen LogP contribution in [-0.4, -0.2) is 55.2 Å². The summed E-state index contributed by atoms with van der Waals surface area (Å²) < 4.78 is 0. The van der Waals surface area contributed by atoms with Gasteiger partial charge >= 0.3 is 6.03 Å². The van der Waals surface area contributed by atoms with Gasteiger partial charge < -0.3 is 14.9 Å². The first-order valence-electron chi connectivity index (χ1n) is 3.13. The molecule has 4 nitrogen and oxygen atoms in total. The first-order chi connectivity index (χ1) is 4.59. The first kappa shape index (κ1) is 9.23. The minimum atomic E-state index is -0.0888. The van der Waals surface area contributed by atoms with Gasteiger partial charge in [-0.05, 0) is 0 Å². The largest absolute Gasteiger partial charge is 0.395 e. The van der Waals surface area contributed by atoms with Crippen molar-refractivity contribution in [2.45, 2.75) is 0 Å². The van der Waals surface area contributed by atoms with Gasteiger partial charge in [0.1, 0.15) is 0 Å². The van der Waals surface area contributed by atoms with Gasteiger partial charge in [-0.15, -0.1) is 0 Å². The Kier molecular flexibility index (Phi) is 3.79. The third-order valence-corrected chi connectivity index (χ3v) is 1.14. The molecule has 0 fully saturated rings. The zero-order valence-corrected chi connectivity index (χ0v) is 6.66. The Labute approximate surface area is 61.0 Å². The fraction of sp³-hybridized carbons (Fsp3) is 0.833. The number of aliphatic hydroxyl groups is 1. The third kappa shape index (κ3) is 2.68. The lowest BCUT2D eigenvalue weighted by atomic mass is 10.6. The molecule has 4 heteroatoms. The van der Waals surface area contributed by atoms with Gasteiger partial charge in [0.05, 0.1) is 6.61 Å². The van der Waals surface area contributed by atoms with E-state index in [0.717, 1.165) is 0 Å². The molecule has 0 aromatic carbocycles. The van der Waals surface area contributed by atoms with Crippen LogP contribution in [-0.2, 0) is 0 Å². The number of nitrogens with zero attached hydrogens (tertiary/aromatic N) is 2. The van der Waals surface area contributed by atoms with E-state index < -0.39 is 0 Å². The first-order valence-corrected chi connectivity index (χ1v) is 3.13. The Morgan fingerprint density at radius 1 is 1.40 bits per heavy atom. The summed E-state index contributed by atoms with van der Waals surface area (Å²) in [5, 5.41) is 8.45. The van der Waals surface area contributed by atoms with Crippen molar-refractivity contribution in [2.75, 3.05) is 34.3 Å². The maximum Gasteiger partial charge on any atom is 0.319 e. The van der Waals surface area contributed by atoms with E-state index in [1.165, 1.54) is 9.80 Å². The number of rotatable bonds is 2. The van der Waals surface area contributed by atoms with Crippen LogP contribution in [0.5, 0.6) is 0 Å². The molecule has 0 aromatic rings. The molecule has 0 bridgehead atoms. The van der Waals surface area contributed by atoms with Crippen LogP contribution in [0.3, 0.4) is 0 Å². The molecule has 2 amide bonds. The van der Waals surface area contributed by atoms with E-state index in [9.17, 15) is 4.79 Å². The van der Waals surface area contributed by atoms with Crippen molar-refractivity contribution in [2.24, 2.45) is 0 Å². The molecule has 0 atom stereocenters. The van der Waals surface area contributed by atoms with Crippen LogP contribution in [0.4, 0.5) is 4.79 Å². The topological polar surface area (TPSA) is 43.8 Å². The summed E-state index contributed by atoms with van der Waals surface area (Å²) >= 11 is 0. The van der Waals surface area contributed by atoms with Crippen molar-refractivity contribution in [3.05, 3.63) is 0 Å². The SMILES string of the molecule is CN(C)C(=O)N(C)CCO. The number of carbonyl (C=O) groups excluding carboxylic acids is 1. The van der Waals surface area contributed by atoms with Crippen molar-refractivity contribution in [3.8, 4) is 0 Å². The molecule has 0 aliphatic carbocycles. The monoisotopic (exact) mass is 146 g/mol. The second kappa shape index (κ2) is 4.11. The van der Waals surface area contributed by atoms with Gasteiger partial charge in [0, 0.05) is 27.7 Å². The van der Waals surface area contributed by atoms with Gasteiger partial charge in [0.15, 0.2) is 0 Å². The van der Waals surface area contributed by atoms with E-state index in [0.29, 0.717) is 6.54 Å². The summed E-state index contributed by atoms with van der Waals surface area (Å²) in [6.45, 7) is 0.396. The van der Waals surface area contributed by atoms with E-state index in [1.807, 2.05) is 0 Å². The zero-order chi connectivity index (χ0) is 8.15. The fourth-order valence-corrected chi connectivity index (χ4v) is 0.587. The standard InChI is InChI=1S/C6H14N2O2/c1-7(2)6(10)8(3)4-5-9/h9H,4-5H2,1-3H3.